The fraction of sp³-hybridized carbons (Fsp3) is 0.100. The molecule has 0 unspecified atom stereocenters. The fourth-order valence-corrected chi connectivity index (χ4v) is 3.49. The quantitative estimate of drug-likeness (QED) is 0.548. The number of amides is 1. The van der Waals surface area contributed by atoms with Crippen LogP contribution < -0.4 is 11.0 Å². The standard InChI is InChI=1S/C20H16FN5O2S/c1-13-5-7-15(8-6-13)22-18(27)12-25-20(28)26-17(23-25)9-10-19(24-26)29-16-4-2-3-14(21)11-16/h2-11H,12H2,1H3,(H,22,27). The van der Waals surface area contributed by atoms with Crippen molar-refractivity contribution in [2.45, 2.75) is 23.4 Å². The third kappa shape index (κ3) is 4.35. The second-order valence-electron chi connectivity index (χ2n) is 6.36. The monoisotopic (exact) mass is 409 g/mol. The molecule has 4 aromatic rings. The van der Waals surface area contributed by atoms with Gasteiger partial charge in [-0.05, 0) is 49.4 Å². The van der Waals surface area contributed by atoms with Gasteiger partial charge in [0.1, 0.15) is 17.4 Å². The van der Waals surface area contributed by atoms with Crippen LogP contribution in [-0.4, -0.2) is 25.3 Å². The van der Waals surface area contributed by atoms with E-state index in [0.29, 0.717) is 21.3 Å². The molecule has 2 heterocycles. The first-order valence-electron chi connectivity index (χ1n) is 8.75. The molecule has 0 bridgehead atoms. The largest absolute Gasteiger partial charge is 0.367 e. The van der Waals surface area contributed by atoms with Gasteiger partial charge in [-0.2, -0.15) is 9.61 Å². The number of fused-ring (bicyclic) bond motifs is 1. The van der Waals surface area contributed by atoms with Crippen molar-refractivity contribution in [3.05, 3.63) is 82.5 Å². The van der Waals surface area contributed by atoms with Crippen molar-refractivity contribution >= 4 is 29.0 Å². The Hall–Kier alpha value is -3.46. The Bertz CT molecular complexity index is 1250. The highest BCUT2D eigenvalue weighted by molar-refractivity contribution is 7.99. The van der Waals surface area contributed by atoms with E-state index in [-0.39, 0.29) is 18.3 Å². The summed E-state index contributed by atoms with van der Waals surface area (Å²) >= 11 is 1.22. The molecule has 0 atom stereocenters. The van der Waals surface area contributed by atoms with Crippen LogP contribution in [0.15, 0.2) is 75.4 Å². The molecule has 0 aliphatic carbocycles. The van der Waals surface area contributed by atoms with E-state index in [1.54, 1.807) is 36.4 Å². The first kappa shape index (κ1) is 18.9. The minimum Gasteiger partial charge on any atom is -0.324 e. The second-order valence-corrected chi connectivity index (χ2v) is 7.45. The van der Waals surface area contributed by atoms with Gasteiger partial charge in [0.25, 0.3) is 0 Å². The van der Waals surface area contributed by atoms with Crippen molar-refractivity contribution in [1.82, 2.24) is 19.4 Å². The normalized spacial score (nSPS) is 11.0. The zero-order valence-corrected chi connectivity index (χ0v) is 16.2. The predicted octanol–water partition coefficient (Wildman–Crippen LogP) is 3.13. The molecular weight excluding hydrogens is 393 g/mol. The average molecular weight is 409 g/mol. The van der Waals surface area contributed by atoms with Gasteiger partial charge in [0.05, 0.1) is 0 Å². The van der Waals surface area contributed by atoms with Gasteiger partial charge in [0, 0.05) is 10.6 Å². The lowest BCUT2D eigenvalue weighted by Crippen LogP contribution is -2.28. The number of benzene rings is 2. The summed E-state index contributed by atoms with van der Waals surface area (Å²) in [6.07, 6.45) is 0. The van der Waals surface area contributed by atoms with Crippen LogP contribution in [0.1, 0.15) is 5.56 Å². The molecule has 1 N–H and O–H groups in total. The summed E-state index contributed by atoms with van der Waals surface area (Å²) in [5.74, 6) is -0.714. The molecule has 2 aromatic heterocycles. The van der Waals surface area contributed by atoms with Gasteiger partial charge in [0.15, 0.2) is 5.65 Å². The number of halogens is 1. The van der Waals surface area contributed by atoms with Gasteiger partial charge in [-0.25, -0.2) is 13.9 Å². The number of hydrogen-bond acceptors (Lipinski definition) is 5. The van der Waals surface area contributed by atoms with E-state index in [0.717, 1.165) is 14.8 Å². The highest BCUT2D eigenvalue weighted by Gasteiger charge is 2.13. The molecule has 9 heteroatoms. The maximum Gasteiger partial charge on any atom is 0.367 e. The van der Waals surface area contributed by atoms with E-state index < -0.39 is 5.69 Å². The lowest BCUT2D eigenvalue weighted by Gasteiger charge is -2.04. The molecule has 4 rings (SSSR count). The van der Waals surface area contributed by atoms with E-state index >= 15 is 0 Å². The van der Waals surface area contributed by atoms with Crippen LogP contribution >= 0.6 is 11.8 Å². The van der Waals surface area contributed by atoms with Crippen molar-refractivity contribution in [3.63, 3.8) is 0 Å². The summed E-state index contributed by atoms with van der Waals surface area (Å²) in [6.45, 7) is 1.72. The Labute approximate surface area is 169 Å². The number of aromatic nitrogens is 4. The maximum absolute atomic E-state index is 13.3. The Balaban J connectivity index is 1.53. The highest BCUT2D eigenvalue weighted by atomic mass is 32.2. The van der Waals surface area contributed by atoms with Crippen LogP contribution in [0.4, 0.5) is 10.1 Å². The zero-order valence-electron chi connectivity index (χ0n) is 15.4. The molecule has 146 valence electrons. The molecule has 0 radical (unpaired) electrons. The molecule has 0 aliphatic rings. The van der Waals surface area contributed by atoms with Crippen molar-refractivity contribution in [2.75, 3.05) is 5.32 Å². The maximum atomic E-state index is 13.3. The molecular formula is C20H16FN5O2S. The van der Waals surface area contributed by atoms with Gasteiger partial charge in [0.2, 0.25) is 5.91 Å². The van der Waals surface area contributed by atoms with E-state index in [1.807, 2.05) is 19.1 Å². The predicted molar refractivity (Wildman–Crippen MR) is 108 cm³/mol. The number of rotatable bonds is 5. The smallest absolute Gasteiger partial charge is 0.324 e. The highest BCUT2D eigenvalue weighted by Crippen LogP contribution is 2.26. The number of carbonyl (C=O) groups excluding carboxylic acids is 1. The van der Waals surface area contributed by atoms with Crippen molar-refractivity contribution in [3.8, 4) is 0 Å². The van der Waals surface area contributed by atoms with Crippen LogP contribution in [0.5, 0.6) is 0 Å². The van der Waals surface area contributed by atoms with Crippen LogP contribution in [-0.2, 0) is 11.3 Å². The topological polar surface area (TPSA) is 81.3 Å². The molecule has 1 amide bonds. The number of hydrogen-bond donors (Lipinski definition) is 1. The van der Waals surface area contributed by atoms with Crippen LogP contribution in [0.25, 0.3) is 5.65 Å². The van der Waals surface area contributed by atoms with Gasteiger partial charge in [-0.1, -0.05) is 35.5 Å². The van der Waals surface area contributed by atoms with Crippen LogP contribution in [0.3, 0.4) is 0 Å². The average Bonchev–Trinajstić information content (AvgIpc) is 2.99. The number of aryl methyl sites for hydroxylation is 1. The summed E-state index contributed by atoms with van der Waals surface area (Å²) in [6, 6.07) is 16.8. The van der Waals surface area contributed by atoms with E-state index in [4.69, 9.17) is 0 Å². The molecule has 0 saturated carbocycles. The van der Waals surface area contributed by atoms with Gasteiger partial charge in [-0.15, -0.1) is 5.10 Å². The van der Waals surface area contributed by atoms with Crippen LogP contribution in [0.2, 0.25) is 0 Å². The Morgan fingerprint density at radius 3 is 2.66 bits per heavy atom. The Morgan fingerprint density at radius 2 is 1.90 bits per heavy atom. The van der Waals surface area contributed by atoms with E-state index in [2.05, 4.69) is 15.5 Å². The Kier molecular flexibility index (Phi) is 5.13. The van der Waals surface area contributed by atoms with Crippen LogP contribution in [0, 0.1) is 12.7 Å². The molecule has 0 aliphatic heterocycles. The first-order chi connectivity index (χ1) is 14.0. The Morgan fingerprint density at radius 1 is 1.10 bits per heavy atom. The van der Waals surface area contributed by atoms with Gasteiger partial charge < -0.3 is 5.32 Å². The number of nitrogens with one attached hydrogen (secondary N) is 1. The van der Waals surface area contributed by atoms with Crippen molar-refractivity contribution < 1.29 is 9.18 Å². The van der Waals surface area contributed by atoms with Crippen molar-refractivity contribution in [2.24, 2.45) is 0 Å². The number of nitrogens with zero attached hydrogens (tertiary/aromatic N) is 4. The molecule has 7 nitrogen and oxygen atoms in total. The minimum atomic E-state index is -0.527. The number of anilines is 1. The summed E-state index contributed by atoms with van der Waals surface area (Å²) in [7, 11) is 0. The summed E-state index contributed by atoms with van der Waals surface area (Å²) in [5, 5.41) is 11.6. The summed E-state index contributed by atoms with van der Waals surface area (Å²) in [4.78, 5) is 25.5. The summed E-state index contributed by atoms with van der Waals surface area (Å²) in [5.41, 5.74) is 1.52. The van der Waals surface area contributed by atoms with Crippen molar-refractivity contribution in [1.29, 1.82) is 0 Å². The second kappa shape index (κ2) is 7.88. The van der Waals surface area contributed by atoms with E-state index in [9.17, 15) is 14.0 Å². The third-order valence-electron chi connectivity index (χ3n) is 4.06. The zero-order chi connectivity index (χ0) is 20.4. The molecule has 0 saturated heterocycles. The lowest BCUT2D eigenvalue weighted by atomic mass is 10.2. The lowest BCUT2D eigenvalue weighted by molar-refractivity contribution is -0.117. The van der Waals surface area contributed by atoms with E-state index in [1.165, 1.54) is 23.9 Å². The SMILES string of the molecule is Cc1ccc(NC(=O)Cn2nc3ccc(Sc4cccc(F)c4)nn3c2=O)cc1. The minimum absolute atomic E-state index is 0.234. The fourth-order valence-electron chi connectivity index (χ4n) is 2.67. The molecule has 2 aromatic carbocycles. The third-order valence-corrected chi connectivity index (χ3v) is 4.98. The molecule has 0 fully saturated rings. The summed E-state index contributed by atoms with van der Waals surface area (Å²) < 4.78 is 15.5. The number of carbonyl (C=O) groups is 1. The van der Waals surface area contributed by atoms with Gasteiger partial charge in [-0.3, -0.25) is 4.79 Å². The van der Waals surface area contributed by atoms with Gasteiger partial charge >= 0.3 is 5.69 Å². The first-order valence-corrected chi connectivity index (χ1v) is 9.56. The molecule has 29 heavy (non-hydrogen) atoms. The molecule has 0 spiro atoms.